The highest BCUT2D eigenvalue weighted by molar-refractivity contribution is 9.10. The van der Waals surface area contributed by atoms with E-state index in [1.807, 2.05) is 49.4 Å². The van der Waals surface area contributed by atoms with Crippen molar-refractivity contribution in [2.75, 3.05) is 11.1 Å². The highest BCUT2D eigenvalue weighted by Crippen LogP contribution is 2.40. The number of nitrogens with zero attached hydrogens (tertiary/aromatic N) is 2. The molecular weight excluding hydrogens is 464 g/mol. The van der Waals surface area contributed by atoms with Crippen LogP contribution in [0.1, 0.15) is 17.0 Å². The lowest BCUT2D eigenvalue weighted by molar-refractivity contribution is -0.123. The SMILES string of the molecule is Cc1ccccc1[C@@H]1C(C#N)=C(SCC(=O)Nc2ccc(Br)cc2)NC(=O)[C@H]1C#N. The summed E-state index contributed by atoms with van der Waals surface area (Å²) in [6.45, 7) is 1.88. The molecule has 0 bridgehead atoms. The van der Waals surface area contributed by atoms with Gasteiger partial charge in [0.15, 0.2) is 0 Å². The first-order valence-electron chi connectivity index (χ1n) is 9.03. The maximum absolute atomic E-state index is 12.6. The van der Waals surface area contributed by atoms with E-state index in [0.717, 1.165) is 27.4 Å². The van der Waals surface area contributed by atoms with Crippen molar-refractivity contribution in [1.29, 1.82) is 10.5 Å². The Kier molecular flexibility index (Phi) is 6.94. The first-order chi connectivity index (χ1) is 14.4. The van der Waals surface area contributed by atoms with Gasteiger partial charge in [-0.2, -0.15) is 10.5 Å². The van der Waals surface area contributed by atoms with E-state index in [4.69, 9.17) is 0 Å². The molecule has 2 amide bonds. The Morgan fingerprint density at radius 3 is 2.53 bits per heavy atom. The zero-order valence-corrected chi connectivity index (χ0v) is 18.4. The third-order valence-corrected chi connectivity index (χ3v) is 6.21. The first-order valence-corrected chi connectivity index (χ1v) is 10.8. The summed E-state index contributed by atoms with van der Waals surface area (Å²) in [5.74, 6) is -2.42. The molecule has 0 radical (unpaired) electrons. The number of nitrogens with one attached hydrogen (secondary N) is 2. The Labute approximate surface area is 187 Å². The van der Waals surface area contributed by atoms with Gasteiger partial charge < -0.3 is 10.6 Å². The second-order valence-corrected chi connectivity index (χ2v) is 8.53. The lowest BCUT2D eigenvalue weighted by atomic mass is 9.78. The molecule has 0 aromatic heterocycles. The maximum Gasteiger partial charge on any atom is 0.243 e. The van der Waals surface area contributed by atoms with E-state index in [1.165, 1.54) is 0 Å². The van der Waals surface area contributed by atoms with E-state index >= 15 is 0 Å². The monoisotopic (exact) mass is 480 g/mol. The number of hydrogen-bond acceptors (Lipinski definition) is 5. The molecule has 8 heteroatoms. The van der Waals surface area contributed by atoms with Gasteiger partial charge in [-0.15, -0.1) is 0 Å². The minimum atomic E-state index is -1.01. The standard InChI is InChI=1S/C22H17BrN4O2S/c1-13-4-2-3-5-16(13)20-17(10-24)21(29)27-22(18(20)11-25)30-12-19(28)26-15-8-6-14(23)7-9-15/h2-9,17,20H,12H2,1H3,(H,26,28)(H,27,29)/t17-,20-/m0/s1. The van der Waals surface area contributed by atoms with Crippen molar-refractivity contribution in [3.05, 3.63) is 74.7 Å². The summed E-state index contributed by atoms with van der Waals surface area (Å²) in [7, 11) is 0. The van der Waals surface area contributed by atoms with Crippen LogP contribution in [-0.2, 0) is 9.59 Å². The van der Waals surface area contributed by atoms with E-state index in [1.54, 1.807) is 12.1 Å². The van der Waals surface area contributed by atoms with Crippen LogP contribution in [0.5, 0.6) is 0 Å². The van der Waals surface area contributed by atoms with Crippen molar-refractivity contribution in [2.24, 2.45) is 5.92 Å². The minimum absolute atomic E-state index is 0.00850. The third kappa shape index (κ3) is 4.73. The molecule has 2 atom stereocenters. The van der Waals surface area contributed by atoms with Gasteiger partial charge in [0, 0.05) is 16.1 Å². The van der Waals surface area contributed by atoms with Crippen LogP contribution in [0.2, 0.25) is 0 Å². The van der Waals surface area contributed by atoms with Crippen LogP contribution in [-0.4, -0.2) is 17.6 Å². The molecule has 150 valence electrons. The molecule has 0 saturated carbocycles. The van der Waals surface area contributed by atoms with E-state index < -0.39 is 17.7 Å². The molecule has 0 unspecified atom stereocenters. The van der Waals surface area contributed by atoms with Crippen LogP contribution in [0.4, 0.5) is 5.69 Å². The molecule has 3 rings (SSSR count). The van der Waals surface area contributed by atoms with Gasteiger partial charge >= 0.3 is 0 Å². The van der Waals surface area contributed by atoms with E-state index in [2.05, 4.69) is 32.6 Å². The van der Waals surface area contributed by atoms with Crippen LogP contribution in [0, 0.1) is 35.5 Å². The molecule has 2 aromatic carbocycles. The molecule has 30 heavy (non-hydrogen) atoms. The number of carbonyl (C=O) groups is 2. The molecule has 0 spiro atoms. The third-order valence-electron chi connectivity index (χ3n) is 4.67. The van der Waals surface area contributed by atoms with Gasteiger partial charge in [-0.05, 0) is 42.3 Å². The lowest BCUT2D eigenvalue weighted by Crippen LogP contribution is -2.39. The van der Waals surface area contributed by atoms with Gasteiger partial charge in [-0.3, -0.25) is 9.59 Å². The van der Waals surface area contributed by atoms with Crippen LogP contribution in [0.25, 0.3) is 0 Å². The quantitative estimate of drug-likeness (QED) is 0.666. The Hall–Kier alpha value is -3.07. The molecule has 1 aliphatic heterocycles. The largest absolute Gasteiger partial charge is 0.325 e. The predicted octanol–water partition coefficient (Wildman–Crippen LogP) is 4.22. The smallest absolute Gasteiger partial charge is 0.243 e. The number of halogens is 1. The van der Waals surface area contributed by atoms with Crippen LogP contribution < -0.4 is 10.6 Å². The second kappa shape index (κ2) is 9.62. The molecule has 0 aliphatic carbocycles. The van der Waals surface area contributed by atoms with Gasteiger partial charge in [0.1, 0.15) is 5.92 Å². The Morgan fingerprint density at radius 1 is 1.20 bits per heavy atom. The molecule has 1 aliphatic rings. The van der Waals surface area contributed by atoms with Crippen molar-refractivity contribution >= 4 is 45.2 Å². The lowest BCUT2D eigenvalue weighted by Gasteiger charge is -2.29. The van der Waals surface area contributed by atoms with Gasteiger partial charge in [0.25, 0.3) is 0 Å². The molecule has 1 heterocycles. The van der Waals surface area contributed by atoms with Gasteiger partial charge in [0.2, 0.25) is 11.8 Å². The number of nitriles is 2. The minimum Gasteiger partial charge on any atom is -0.325 e. The van der Waals surface area contributed by atoms with E-state index in [9.17, 15) is 20.1 Å². The summed E-state index contributed by atoms with van der Waals surface area (Å²) in [6, 6.07) is 18.7. The number of rotatable bonds is 5. The molecule has 0 saturated heterocycles. The van der Waals surface area contributed by atoms with Crippen molar-refractivity contribution < 1.29 is 9.59 Å². The Bertz CT molecular complexity index is 1100. The van der Waals surface area contributed by atoms with Crippen molar-refractivity contribution in [3.8, 4) is 12.1 Å². The van der Waals surface area contributed by atoms with Gasteiger partial charge in [-0.1, -0.05) is 52.0 Å². The average molecular weight is 481 g/mol. The normalized spacial score (nSPS) is 18.2. The fourth-order valence-corrected chi connectivity index (χ4v) is 4.34. The van der Waals surface area contributed by atoms with E-state index in [-0.39, 0.29) is 17.2 Å². The number of hydrogen-bond donors (Lipinski definition) is 2. The summed E-state index contributed by atoms with van der Waals surface area (Å²) < 4.78 is 0.901. The second-order valence-electron chi connectivity index (χ2n) is 6.63. The summed E-state index contributed by atoms with van der Waals surface area (Å²) >= 11 is 4.41. The first kappa shape index (κ1) is 21.6. The molecular formula is C22H17BrN4O2S. The number of aryl methyl sites for hydroxylation is 1. The number of benzene rings is 2. The summed E-state index contributed by atoms with van der Waals surface area (Å²) in [5.41, 5.74) is 2.58. The topological polar surface area (TPSA) is 106 Å². The Morgan fingerprint density at radius 2 is 1.90 bits per heavy atom. The molecule has 2 aromatic rings. The number of amides is 2. The summed E-state index contributed by atoms with van der Waals surface area (Å²) in [4.78, 5) is 24.9. The number of thioether (sulfide) groups is 1. The fraction of sp³-hybridized carbons (Fsp3) is 0.182. The van der Waals surface area contributed by atoms with Gasteiger partial charge in [0.05, 0.1) is 28.5 Å². The highest BCUT2D eigenvalue weighted by Gasteiger charge is 2.40. The zero-order valence-electron chi connectivity index (χ0n) is 16.0. The summed E-state index contributed by atoms with van der Waals surface area (Å²) in [5, 5.41) is 25.1. The number of allylic oxidation sites excluding steroid dienone is 1. The zero-order chi connectivity index (χ0) is 21.7. The Balaban J connectivity index is 1.85. The summed E-state index contributed by atoms with van der Waals surface area (Å²) in [6.07, 6.45) is 0. The van der Waals surface area contributed by atoms with Crippen molar-refractivity contribution in [3.63, 3.8) is 0 Å². The van der Waals surface area contributed by atoms with Crippen LogP contribution >= 0.6 is 27.7 Å². The maximum atomic E-state index is 12.6. The van der Waals surface area contributed by atoms with Crippen LogP contribution in [0.3, 0.4) is 0 Å². The molecule has 6 nitrogen and oxygen atoms in total. The van der Waals surface area contributed by atoms with Crippen molar-refractivity contribution in [1.82, 2.24) is 5.32 Å². The van der Waals surface area contributed by atoms with Gasteiger partial charge in [-0.25, -0.2) is 0 Å². The van der Waals surface area contributed by atoms with Crippen molar-refractivity contribution in [2.45, 2.75) is 12.8 Å². The number of anilines is 1. The van der Waals surface area contributed by atoms with Crippen LogP contribution in [0.15, 0.2) is 63.6 Å². The predicted molar refractivity (Wildman–Crippen MR) is 119 cm³/mol. The highest BCUT2D eigenvalue weighted by atomic mass is 79.9. The van der Waals surface area contributed by atoms with E-state index in [0.29, 0.717) is 10.7 Å². The molecule has 2 N–H and O–H groups in total. The average Bonchev–Trinajstić information content (AvgIpc) is 2.74. The fourth-order valence-electron chi connectivity index (χ4n) is 3.22. The number of carbonyl (C=O) groups excluding carboxylic acids is 2. The molecule has 0 fully saturated rings.